The van der Waals surface area contributed by atoms with Gasteiger partial charge < -0.3 is 9.80 Å². The highest BCUT2D eigenvalue weighted by Gasteiger charge is 2.34. The van der Waals surface area contributed by atoms with Crippen LogP contribution in [-0.4, -0.2) is 49.2 Å². The summed E-state index contributed by atoms with van der Waals surface area (Å²) < 4.78 is 0. The zero-order chi connectivity index (χ0) is 30.3. The molecule has 0 unspecified atom stereocenters. The first-order valence-electron chi connectivity index (χ1n) is 14.7. The van der Waals surface area contributed by atoms with Gasteiger partial charge in [-0.05, 0) is 41.7 Å². The fourth-order valence-electron chi connectivity index (χ4n) is 5.53. The molecule has 0 saturated carbocycles. The molecule has 0 bridgehead atoms. The third kappa shape index (κ3) is 6.98. The van der Waals surface area contributed by atoms with Gasteiger partial charge in [-0.2, -0.15) is 0 Å². The summed E-state index contributed by atoms with van der Waals surface area (Å²) in [6.07, 6.45) is 11.4. The van der Waals surface area contributed by atoms with Crippen molar-refractivity contribution in [2.75, 3.05) is 6.54 Å². The predicted molar refractivity (Wildman–Crippen MR) is 173 cm³/mol. The van der Waals surface area contributed by atoms with E-state index in [-0.39, 0.29) is 18.4 Å². The van der Waals surface area contributed by atoms with E-state index in [0.717, 1.165) is 44.3 Å². The quantitative estimate of drug-likeness (QED) is 0.190. The highest BCUT2D eigenvalue weighted by Crippen LogP contribution is 2.24. The Morgan fingerprint density at radius 2 is 1.68 bits per heavy atom. The summed E-state index contributed by atoms with van der Waals surface area (Å²) in [4.78, 5) is 45.9. The Morgan fingerprint density at radius 3 is 2.41 bits per heavy atom. The first-order valence-corrected chi connectivity index (χ1v) is 15.5. The second kappa shape index (κ2) is 13.6. The number of rotatable bonds is 9. The molecule has 6 rings (SSSR count). The average Bonchev–Trinajstić information content (AvgIpc) is 3.50. The highest BCUT2D eigenvalue weighted by molar-refractivity contribution is 7.12. The minimum atomic E-state index is -0.692. The predicted octanol–water partition coefficient (Wildman–Crippen LogP) is 6.15. The maximum atomic E-state index is 14.5. The first kappa shape index (κ1) is 29.1. The molecular formula is C36H33N5O2S. The minimum Gasteiger partial charge on any atom is -0.336 e. The number of amides is 2. The van der Waals surface area contributed by atoms with E-state index in [1.165, 1.54) is 16.9 Å². The molecular weight excluding hydrogens is 566 g/mol. The maximum Gasteiger partial charge on any atom is 0.247 e. The first-order chi connectivity index (χ1) is 21.5. The summed E-state index contributed by atoms with van der Waals surface area (Å²) in [6, 6.07) is 25.4. The van der Waals surface area contributed by atoms with E-state index in [9.17, 15) is 9.59 Å². The number of fused-ring (bicyclic) bond motifs is 1. The molecule has 3 heterocycles. The van der Waals surface area contributed by atoms with Crippen LogP contribution in [0.5, 0.6) is 0 Å². The molecule has 44 heavy (non-hydrogen) atoms. The molecule has 7 nitrogen and oxygen atoms in total. The third-order valence-electron chi connectivity index (χ3n) is 7.85. The van der Waals surface area contributed by atoms with Gasteiger partial charge in [-0.25, -0.2) is 4.98 Å². The van der Waals surface area contributed by atoms with Gasteiger partial charge in [-0.3, -0.25) is 19.6 Å². The highest BCUT2D eigenvalue weighted by atomic mass is 32.1. The number of thiazole rings is 1. The molecule has 220 valence electrons. The lowest BCUT2D eigenvalue weighted by Crippen LogP contribution is -2.52. The average molecular weight is 600 g/mol. The molecule has 0 aliphatic carbocycles. The van der Waals surface area contributed by atoms with Gasteiger partial charge in [-0.15, -0.1) is 11.3 Å². The molecule has 2 amide bonds. The zero-order valence-corrected chi connectivity index (χ0v) is 25.4. The molecule has 3 aromatic carbocycles. The van der Waals surface area contributed by atoms with Gasteiger partial charge in [0.25, 0.3) is 0 Å². The lowest BCUT2D eigenvalue weighted by atomic mass is 9.97. The smallest absolute Gasteiger partial charge is 0.247 e. The molecule has 1 aliphatic rings. The van der Waals surface area contributed by atoms with Crippen molar-refractivity contribution in [3.05, 3.63) is 142 Å². The molecule has 0 fully saturated rings. The standard InChI is InChI=1S/C36H33N5O2S/c1-26-39-22-32(44-26)15-16-35(42)41(24-28-11-13-30(14-12-28)33-23-37-18-19-38-33)34(21-27-7-3-2-4-8-27)36(43)40-20-17-29-9-5-6-10-31(29)25-40/h2-16,18-19,22-23,34H,17,20-21,24-25H2,1H3/b16-15+/t34-/m0/s1. The van der Waals surface area contributed by atoms with Crippen molar-refractivity contribution in [2.45, 2.75) is 38.9 Å². The number of hydrogen-bond donors (Lipinski definition) is 0. The molecule has 0 spiro atoms. The summed E-state index contributed by atoms with van der Waals surface area (Å²) in [5, 5.41) is 0.930. The van der Waals surface area contributed by atoms with Crippen LogP contribution in [0.1, 0.15) is 32.1 Å². The molecule has 0 saturated heterocycles. The lowest BCUT2D eigenvalue weighted by Gasteiger charge is -2.37. The van der Waals surface area contributed by atoms with E-state index in [1.807, 2.05) is 78.6 Å². The number of aromatic nitrogens is 3. The second-order valence-electron chi connectivity index (χ2n) is 10.9. The van der Waals surface area contributed by atoms with Gasteiger partial charge in [0, 0.05) is 61.2 Å². The van der Waals surface area contributed by atoms with E-state index >= 15 is 0 Å². The maximum absolute atomic E-state index is 14.5. The number of carbonyl (C=O) groups is 2. The summed E-state index contributed by atoms with van der Waals surface area (Å²) in [5.74, 6) is -0.268. The molecule has 0 N–H and O–H groups in total. The van der Waals surface area contributed by atoms with E-state index < -0.39 is 6.04 Å². The molecule has 1 aliphatic heterocycles. The lowest BCUT2D eigenvalue weighted by molar-refractivity contribution is -0.144. The number of nitrogens with zero attached hydrogens (tertiary/aromatic N) is 5. The number of carbonyl (C=O) groups excluding carboxylic acids is 2. The molecule has 8 heteroatoms. The van der Waals surface area contributed by atoms with Gasteiger partial charge in [0.05, 0.1) is 16.9 Å². The Hall–Kier alpha value is -4.95. The van der Waals surface area contributed by atoms with Gasteiger partial charge in [0.15, 0.2) is 0 Å². The van der Waals surface area contributed by atoms with Crippen molar-refractivity contribution in [3.63, 3.8) is 0 Å². The zero-order valence-electron chi connectivity index (χ0n) is 24.5. The molecule has 5 aromatic rings. The van der Waals surface area contributed by atoms with Crippen LogP contribution in [0.4, 0.5) is 0 Å². The molecule has 2 aromatic heterocycles. The molecule has 0 radical (unpaired) electrons. The number of aryl methyl sites for hydroxylation is 1. The SMILES string of the molecule is Cc1ncc(/C=C/C(=O)N(Cc2ccc(-c3cnccn3)cc2)[C@@H](Cc2ccccc2)C(=O)N2CCc3ccccc3C2)s1. The Morgan fingerprint density at radius 1 is 0.909 bits per heavy atom. The van der Waals surface area contributed by atoms with Crippen LogP contribution in [-0.2, 0) is 35.5 Å². The Balaban J connectivity index is 1.34. The van der Waals surface area contributed by atoms with Gasteiger partial charge in [-0.1, -0.05) is 78.9 Å². The van der Waals surface area contributed by atoms with Crippen molar-refractivity contribution in [2.24, 2.45) is 0 Å². The van der Waals surface area contributed by atoms with E-state index in [4.69, 9.17) is 0 Å². The summed E-state index contributed by atoms with van der Waals surface area (Å²) >= 11 is 1.52. The van der Waals surface area contributed by atoms with Crippen LogP contribution in [0.3, 0.4) is 0 Å². The van der Waals surface area contributed by atoms with E-state index in [2.05, 4.69) is 27.1 Å². The van der Waals surface area contributed by atoms with Gasteiger partial charge in [0.1, 0.15) is 6.04 Å². The number of benzene rings is 3. The van der Waals surface area contributed by atoms with Crippen LogP contribution < -0.4 is 0 Å². The largest absolute Gasteiger partial charge is 0.336 e. The Kier molecular flexibility index (Phi) is 8.98. The van der Waals surface area contributed by atoms with Crippen LogP contribution in [0, 0.1) is 6.92 Å². The van der Waals surface area contributed by atoms with Crippen molar-refractivity contribution >= 4 is 29.2 Å². The van der Waals surface area contributed by atoms with Crippen molar-refractivity contribution in [1.29, 1.82) is 0 Å². The van der Waals surface area contributed by atoms with E-state index in [0.29, 0.717) is 19.5 Å². The van der Waals surface area contributed by atoms with Crippen LogP contribution >= 0.6 is 11.3 Å². The number of hydrogen-bond acceptors (Lipinski definition) is 6. The van der Waals surface area contributed by atoms with Crippen LogP contribution in [0.25, 0.3) is 17.3 Å². The summed E-state index contributed by atoms with van der Waals surface area (Å²) in [5.41, 5.74) is 6.06. The fraction of sp³-hybridized carbons (Fsp3) is 0.194. The van der Waals surface area contributed by atoms with Gasteiger partial charge in [0.2, 0.25) is 11.8 Å². The van der Waals surface area contributed by atoms with Gasteiger partial charge >= 0.3 is 0 Å². The monoisotopic (exact) mass is 599 g/mol. The van der Waals surface area contributed by atoms with E-state index in [1.54, 1.807) is 41.8 Å². The minimum absolute atomic E-state index is 0.0464. The molecule has 1 atom stereocenters. The van der Waals surface area contributed by atoms with Crippen molar-refractivity contribution in [1.82, 2.24) is 24.8 Å². The Labute approximate surface area is 261 Å². The third-order valence-corrected chi connectivity index (χ3v) is 8.73. The van der Waals surface area contributed by atoms with Crippen LogP contribution in [0.15, 0.2) is 110 Å². The topological polar surface area (TPSA) is 79.3 Å². The summed E-state index contributed by atoms with van der Waals surface area (Å²) in [7, 11) is 0. The fourth-order valence-corrected chi connectivity index (χ4v) is 6.22. The Bertz CT molecular complexity index is 1750. The van der Waals surface area contributed by atoms with Crippen LogP contribution in [0.2, 0.25) is 0 Å². The normalized spacial score (nSPS) is 13.4. The summed E-state index contributed by atoms with van der Waals surface area (Å²) in [6.45, 7) is 3.36. The van der Waals surface area contributed by atoms with Crippen molar-refractivity contribution < 1.29 is 9.59 Å². The second-order valence-corrected chi connectivity index (χ2v) is 12.1. The van der Waals surface area contributed by atoms with Crippen molar-refractivity contribution in [3.8, 4) is 11.3 Å².